The molecule has 1 fully saturated rings. The summed E-state index contributed by atoms with van der Waals surface area (Å²) < 4.78 is 1.98. The molecule has 0 N–H and O–H groups in total. The SMILES string of the molecule is CCCn1ncnc1CC1CCCCC(=O)C1. The lowest BCUT2D eigenvalue weighted by atomic mass is 9.96. The van der Waals surface area contributed by atoms with Gasteiger partial charge in [0, 0.05) is 25.8 Å². The second-order valence-electron chi connectivity index (χ2n) is 4.96. The van der Waals surface area contributed by atoms with E-state index in [-0.39, 0.29) is 0 Å². The van der Waals surface area contributed by atoms with Crippen LogP contribution in [0.1, 0.15) is 51.3 Å². The van der Waals surface area contributed by atoms with Crippen LogP contribution >= 0.6 is 0 Å². The van der Waals surface area contributed by atoms with Crippen molar-refractivity contribution in [3.63, 3.8) is 0 Å². The van der Waals surface area contributed by atoms with Crippen LogP contribution in [0.25, 0.3) is 0 Å². The van der Waals surface area contributed by atoms with Crippen LogP contribution in [-0.2, 0) is 17.8 Å². The van der Waals surface area contributed by atoms with Crippen molar-refractivity contribution in [2.24, 2.45) is 5.92 Å². The normalized spacial score (nSPS) is 21.5. The Morgan fingerprint density at radius 1 is 1.47 bits per heavy atom. The van der Waals surface area contributed by atoms with Gasteiger partial charge in [-0.2, -0.15) is 5.10 Å². The van der Waals surface area contributed by atoms with Crippen molar-refractivity contribution in [2.75, 3.05) is 0 Å². The Kier molecular flexibility index (Phi) is 4.29. The maximum Gasteiger partial charge on any atom is 0.138 e. The van der Waals surface area contributed by atoms with Gasteiger partial charge in [-0.25, -0.2) is 4.98 Å². The largest absolute Gasteiger partial charge is 0.300 e. The molecule has 2 rings (SSSR count). The van der Waals surface area contributed by atoms with Crippen molar-refractivity contribution in [1.29, 1.82) is 0 Å². The third kappa shape index (κ3) is 3.38. The topological polar surface area (TPSA) is 47.8 Å². The number of aryl methyl sites for hydroxylation is 1. The van der Waals surface area contributed by atoms with E-state index < -0.39 is 0 Å². The Balaban J connectivity index is 1.98. The Hall–Kier alpha value is -1.19. The molecule has 0 amide bonds. The predicted octanol–water partition coefficient (Wildman–Crippen LogP) is 2.38. The van der Waals surface area contributed by atoms with Crippen molar-refractivity contribution in [2.45, 2.75) is 58.4 Å². The van der Waals surface area contributed by atoms with Gasteiger partial charge in [0.25, 0.3) is 0 Å². The molecular weight excluding hydrogens is 214 g/mol. The van der Waals surface area contributed by atoms with Gasteiger partial charge in [0.1, 0.15) is 17.9 Å². The van der Waals surface area contributed by atoms with E-state index in [1.807, 2.05) is 4.68 Å². The number of ketones is 1. The van der Waals surface area contributed by atoms with E-state index in [2.05, 4.69) is 17.0 Å². The second kappa shape index (κ2) is 5.94. The molecule has 1 saturated carbocycles. The molecule has 1 atom stereocenters. The average Bonchev–Trinajstić information content (AvgIpc) is 2.61. The zero-order valence-electron chi connectivity index (χ0n) is 10.6. The fraction of sp³-hybridized carbons (Fsp3) is 0.769. The zero-order chi connectivity index (χ0) is 12.1. The van der Waals surface area contributed by atoms with Crippen LogP contribution in [0.4, 0.5) is 0 Å². The predicted molar refractivity (Wildman–Crippen MR) is 65.6 cm³/mol. The second-order valence-corrected chi connectivity index (χ2v) is 4.96. The third-order valence-corrected chi connectivity index (χ3v) is 3.44. The van der Waals surface area contributed by atoms with Crippen LogP contribution in [0.3, 0.4) is 0 Å². The number of carbonyl (C=O) groups is 1. The van der Waals surface area contributed by atoms with E-state index in [9.17, 15) is 4.79 Å². The Labute approximate surface area is 102 Å². The van der Waals surface area contributed by atoms with Gasteiger partial charge in [-0.05, 0) is 25.2 Å². The summed E-state index contributed by atoms with van der Waals surface area (Å²) in [4.78, 5) is 15.9. The van der Waals surface area contributed by atoms with Crippen LogP contribution in [0.2, 0.25) is 0 Å². The molecule has 4 nitrogen and oxygen atoms in total. The quantitative estimate of drug-likeness (QED) is 0.753. The highest BCUT2D eigenvalue weighted by molar-refractivity contribution is 5.78. The Morgan fingerprint density at radius 3 is 3.18 bits per heavy atom. The zero-order valence-corrected chi connectivity index (χ0v) is 10.6. The van der Waals surface area contributed by atoms with E-state index in [1.165, 1.54) is 6.42 Å². The first-order valence-electron chi connectivity index (χ1n) is 6.68. The number of aromatic nitrogens is 3. The van der Waals surface area contributed by atoms with Crippen molar-refractivity contribution >= 4 is 5.78 Å². The first-order chi connectivity index (χ1) is 8.29. The molecule has 0 radical (unpaired) electrons. The summed E-state index contributed by atoms with van der Waals surface area (Å²) in [5, 5.41) is 4.23. The highest BCUT2D eigenvalue weighted by Crippen LogP contribution is 2.23. The summed E-state index contributed by atoms with van der Waals surface area (Å²) in [5.74, 6) is 1.95. The van der Waals surface area contributed by atoms with E-state index in [1.54, 1.807) is 6.33 Å². The monoisotopic (exact) mass is 235 g/mol. The van der Waals surface area contributed by atoms with Crippen molar-refractivity contribution in [3.05, 3.63) is 12.2 Å². The van der Waals surface area contributed by atoms with Gasteiger partial charge >= 0.3 is 0 Å². The number of rotatable bonds is 4. The summed E-state index contributed by atoms with van der Waals surface area (Å²) in [6.07, 6.45) is 8.52. The van der Waals surface area contributed by atoms with Gasteiger partial charge in [0.05, 0.1) is 0 Å². The van der Waals surface area contributed by atoms with Gasteiger partial charge in [-0.1, -0.05) is 13.3 Å². The minimum absolute atomic E-state index is 0.425. The number of Topliss-reactive ketones (excluding diaryl/α,β-unsaturated/α-hetero) is 1. The lowest BCUT2D eigenvalue weighted by Gasteiger charge is -2.13. The van der Waals surface area contributed by atoms with E-state index in [4.69, 9.17) is 0 Å². The Morgan fingerprint density at radius 2 is 2.35 bits per heavy atom. The standard InChI is InChI=1S/C13H21N3O/c1-2-7-16-13(14-10-15-16)9-11-5-3-4-6-12(17)8-11/h10-11H,2-9H2,1H3. The number of hydrogen-bond donors (Lipinski definition) is 0. The molecule has 4 heteroatoms. The molecule has 1 aliphatic rings. The van der Waals surface area contributed by atoms with E-state index in [0.717, 1.165) is 50.9 Å². The highest BCUT2D eigenvalue weighted by atomic mass is 16.1. The highest BCUT2D eigenvalue weighted by Gasteiger charge is 2.20. The van der Waals surface area contributed by atoms with Gasteiger partial charge in [-0.15, -0.1) is 0 Å². The molecule has 0 saturated heterocycles. The van der Waals surface area contributed by atoms with Crippen molar-refractivity contribution in [1.82, 2.24) is 14.8 Å². The fourth-order valence-electron chi connectivity index (χ4n) is 2.56. The van der Waals surface area contributed by atoms with Crippen LogP contribution in [0.5, 0.6) is 0 Å². The first kappa shape index (κ1) is 12.3. The lowest BCUT2D eigenvalue weighted by molar-refractivity contribution is -0.119. The minimum Gasteiger partial charge on any atom is -0.300 e. The molecule has 1 aromatic heterocycles. The van der Waals surface area contributed by atoms with Crippen molar-refractivity contribution < 1.29 is 4.79 Å². The van der Waals surface area contributed by atoms with Gasteiger partial charge in [0.2, 0.25) is 0 Å². The molecule has 0 bridgehead atoms. The molecule has 0 aliphatic heterocycles. The summed E-state index contributed by atoms with van der Waals surface area (Å²) in [5.41, 5.74) is 0. The third-order valence-electron chi connectivity index (χ3n) is 3.44. The molecule has 94 valence electrons. The average molecular weight is 235 g/mol. The maximum atomic E-state index is 11.6. The minimum atomic E-state index is 0.425. The molecule has 1 aromatic rings. The lowest BCUT2D eigenvalue weighted by Crippen LogP contribution is -2.13. The Bertz CT molecular complexity index is 372. The summed E-state index contributed by atoms with van der Waals surface area (Å²) in [7, 11) is 0. The van der Waals surface area contributed by atoms with Crippen molar-refractivity contribution in [3.8, 4) is 0 Å². The van der Waals surface area contributed by atoms with Crippen LogP contribution in [0.15, 0.2) is 6.33 Å². The molecular formula is C13H21N3O. The van der Waals surface area contributed by atoms with Crippen LogP contribution < -0.4 is 0 Å². The summed E-state index contributed by atoms with van der Waals surface area (Å²) >= 11 is 0. The number of carbonyl (C=O) groups excluding carboxylic acids is 1. The van der Waals surface area contributed by atoms with Gasteiger partial charge in [-0.3, -0.25) is 9.48 Å². The molecule has 1 unspecified atom stereocenters. The molecule has 0 spiro atoms. The smallest absolute Gasteiger partial charge is 0.138 e. The molecule has 0 aromatic carbocycles. The van der Waals surface area contributed by atoms with Crippen LogP contribution in [-0.4, -0.2) is 20.5 Å². The number of hydrogen-bond acceptors (Lipinski definition) is 3. The maximum absolute atomic E-state index is 11.6. The van der Waals surface area contributed by atoms with E-state index >= 15 is 0 Å². The number of nitrogens with zero attached hydrogens (tertiary/aromatic N) is 3. The summed E-state index contributed by atoms with van der Waals surface area (Å²) in [6, 6.07) is 0. The molecule has 17 heavy (non-hydrogen) atoms. The molecule has 1 aliphatic carbocycles. The van der Waals surface area contributed by atoms with E-state index in [0.29, 0.717) is 11.7 Å². The van der Waals surface area contributed by atoms with Crippen LogP contribution in [0, 0.1) is 5.92 Å². The van der Waals surface area contributed by atoms with Gasteiger partial charge in [0.15, 0.2) is 0 Å². The molecule has 1 heterocycles. The van der Waals surface area contributed by atoms with Gasteiger partial charge < -0.3 is 0 Å². The first-order valence-corrected chi connectivity index (χ1v) is 6.68. The fourth-order valence-corrected chi connectivity index (χ4v) is 2.56. The summed E-state index contributed by atoms with van der Waals surface area (Å²) in [6.45, 7) is 3.07.